The van der Waals surface area contributed by atoms with Gasteiger partial charge in [-0.2, -0.15) is 11.8 Å². The zero-order valence-electron chi connectivity index (χ0n) is 11.2. The zero-order valence-corrected chi connectivity index (χ0v) is 12.0. The first kappa shape index (κ1) is 19.1. The topological polar surface area (TPSA) is 121 Å². The second-order valence-corrected chi connectivity index (χ2v) is 5.81. The van der Waals surface area contributed by atoms with Crippen LogP contribution in [0.25, 0.3) is 0 Å². The molecule has 0 saturated heterocycles. The van der Waals surface area contributed by atoms with E-state index >= 15 is 0 Å². The van der Waals surface area contributed by atoms with Crippen LogP contribution in [0, 0.1) is 0 Å². The van der Waals surface area contributed by atoms with E-state index in [1.165, 1.54) is 11.8 Å². The Kier molecular flexibility index (Phi) is 10.9. The Morgan fingerprint density at radius 2 is 1.42 bits per heavy atom. The molecule has 0 aliphatic carbocycles. The Bertz CT molecular complexity index is 218. The molecule has 0 amide bonds. The summed E-state index contributed by atoms with van der Waals surface area (Å²) in [5.74, 6) is 0.675. The van der Waals surface area contributed by atoms with Gasteiger partial charge in [-0.1, -0.05) is 19.8 Å². The van der Waals surface area contributed by atoms with Gasteiger partial charge < -0.3 is 30.6 Å². The van der Waals surface area contributed by atoms with Crippen LogP contribution in [0.4, 0.5) is 0 Å². The van der Waals surface area contributed by atoms with Crippen LogP contribution in [-0.2, 0) is 0 Å². The van der Waals surface area contributed by atoms with Gasteiger partial charge in [-0.05, 0) is 12.2 Å². The Balaban J connectivity index is 4.46. The largest absolute Gasteiger partial charge is 0.394 e. The Morgan fingerprint density at radius 3 is 1.89 bits per heavy atom. The molecule has 0 spiro atoms. The first-order valence-electron chi connectivity index (χ1n) is 6.55. The number of aliphatic hydroxyl groups is 6. The van der Waals surface area contributed by atoms with Crippen molar-refractivity contribution in [1.29, 1.82) is 0 Å². The number of rotatable bonds is 11. The SMILES string of the molecule is CCCCCSC([C@@H](O)C(O)[C@@H](O)CO)[C@@H](O)CO. The summed E-state index contributed by atoms with van der Waals surface area (Å²) >= 11 is 1.25. The molecule has 7 heteroatoms. The monoisotopic (exact) mass is 298 g/mol. The molecule has 0 aliphatic heterocycles. The van der Waals surface area contributed by atoms with Gasteiger partial charge in [0.15, 0.2) is 0 Å². The molecule has 2 unspecified atom stereocenters. The second-order valence-electron chi connectivity index (χ2n) is 4.52. The highest BCUT2D eigenvalue weighted by Gasteiger charge is 2.35. The number of hydrogen-bond donors (Lipinski definition) is 6. The predicted octanol–water partition coefficient (Wildman–Crippen LogP) is -1.29. The van der Waals surface area contributed by atoms with Crippen LogP contribution in [0.15, 0.2) is 0 Å². The molecule has 0 fully saturated rings. The van der Waals surface area contributed by atoms with Crippen molar-refractivity contribution in [2.24, 2.45) is 0 Å². The molecule has 116 valence electrons. The molecule has 0 aromatic rings. The normalized spacial score (nSPS) is 19.7. The lowest BCUT2D eigenvalue weighted by Gasteiger charge is -2.31. The van der Waals surface area contributed by atoms with E-state index in [1.807, 2.05) is 0 Å². The molecule has 19 heavy (non-hydrogen) atoms. The standard InChI is InChI=1S/C12H26O6S/c1-2-3-4-5-19-12(9(16)7-14)11(18)10(17)8(15)6-13/h8-18H,2-7H2,1H3/t8-,9-,10?,11-,12?/m0/s1. The maximum Gasteiger partial charge on any atom is 0.109 e. The van der Waals surface area contributed by atoms with Gasteiger partial charge in [-0.25, -0.2) is 0 Å². The van der Waals surface area contributed by atoms with E-state index in [4.69, 9.17) is 10.2 Å². The second kappa shape index (κ2) is 10.8. The summed E-state index contributed by atoms with van der Waals surface area (Å²) < 4.78 is 0. The van der Waals surface area contributed by atoms with Crippen molar-refractivity contribution in [2.75, 3.05) is 19.0 Å². The van der Waals surface area contributed by atoms with Gasteiger partial charge in [0, 0.05) is 0 Å². The van der Waals surface area contributed by atoms with Crippen LogP contribution in [0.1, 0.15) is 26.2 Å². The van der Waals surface area contributed by atoms with Gasteiger partial charge in [0.2, 0.25) is 0 Å². The highest BCUT2D eigenvalue weighted by atomic mass is 32.2. The predicted molar refractivity (Wildman–Crippen MR) is 74.0 cm³/mol. The fraction of sp³-hybridized carbons (Fsp3) is 1.00. The summed E-state index contributed by atoms with van der Waals surface area (Å²) in [5, 5.41) is 55.4. The lowest BCUT2D eigenvalue weighted by Crippen LogP contribution is -2.49. The molecule has 0 bridgehead atoms. The number of aliphatic hydroxyl groups excluding tert-OH is 6. The summed E-state index contributed by atoms with van der Waals surface area (Å²) in [6.45, 7) is 0.839. The van der Waals surface area contributed by atoms with Crippen LogP contribution in [0.2, 0.25) is 0 Å². The summed E-state index contributed by atoms with van der Waals surface area (Å²) in [6.07, 6.45) is -2.68. The Hall–Kier alpha value is 0.110. The Morgan fingerprint density at radius 1 is 0.842 bits per heavy atom. The maximum absolute atomic E-state index is 9.92. The van der Waals surface area contributed by atoms with Crippen LogP contribution in [0.3, 0.4) is 0 Å². The van der Waals surface area contributed by atoms with E-state index < -0.39 is 42.9 Å². The van der Waals surface area contributed by atoms with E-state index in [-0.39, 0.29) is 0 Å². The van der Waals surface area contributed by atoms with Gasteiger partial charge >= 0.3 is 0 Å². The van der Waals surface area contributed by atoms with Gasteiger partial charge in [-0.15, -0.1) is 0 Å². The summed E-state index contributed by atoms with van der Waals surface area (Å²) in [5.41, 5.74) is 0. The molecule has 0 aromatic heterocycles. The van der Waals surface area contributed by atoms with Crippen LogP contribution in [0.5, 0.6) is 0 Å². The molecule has 0 aromatic carbocycles. The smallest absolute Gasteiger partial charge is 0.109 e. The Labute approximate surface area is 118 Å². The van der Waals surface area contributed by atoms with E-state index in [0.717, 1.165) is 19.3 Å². The van der Waals surface area contributed by atoms with Crippen molar-refractivity contribution in [1.82, 2.24) is 0 Å². The molecule has 5 atom stereocenters. The van der Waals surface area contributed by atoms with Crippen molar-refractivity contribution in [3.63, 3.8) is 0 Å². The zero-order chi connectivity index (χ0) is 14.8. The van der Waals surface area contributed by atoms with Crippen molar-refractivity contribution in [2.45, 2.75) is 55.9 Å². The molecule has 0 radical (unpaired) electrons. The average Bonchev–Trinajstić information content (AvgIpc) is 2.44. The summed E-state index contributed by atoms with van der Waals surface area (Å²) in [6, 6.07) is 0. The molecule has 0 saturated carbocycles. The molecule has 0 heterocycles. The quantitative estimate of drug-likeness (QED) is 0.262. The van der Waals surface area contributed by atoms with Gasteiger partial charge in [0.05, 0.1) is 30.7 Å². The minimum absolute atomic E-state index is 0.537. The van der Waals surface area contributed by atoms with E-state index in [0.29, 0.717) is 5.75 Å². The highest BCUT2D eigenvalue weighted by Crippen LogP contribution is 2.23. The van der Waals surface area contributed by atoms with E-state index in [2.05, 4.69) is 6.92 Å². The fourth-order valence-corrected chi connectivity index (χ4v) is 2.95. The number of unbranched alkanes of at least 4 members (excludes halogenated alkanes) is 2. The number of thioether (sulfide) groups is 1. The van der Waals surface area contributed by atoms with Crippen molar-refractivity contribution in [3.8, 4) is 0 Å². The summed E-state index contributed by atoms with van der Waals surface area (Å²) in [7, 11) is 0. The molecule has 6 nitrogen and oxygen atoms in total. The summed E-state index contributed by atoms with van der Waals surface area (Å²) in [4.78, 5) is 0. The van der Waals surface area contributed by atoms with Gasteiger partial charge in [-0.3, -0.25) is 0 Å². The molecule has 0 rings (SSSR count). The van der Waals surface area contributed by atoms with Crippen molar-refractivity contribution in [3.05, 3.63) is 0 Å². The molecule has 0 aliphatic rings. The van der Waals surface area contributed by atoms with Crippen molar-refractivity contribution < 1.29 is 30.6 Å². The van der Waals surface area contributed by atoms with Crippen molar-refractivity contribution >= 4 is 11.8 Å². The van der Waals surface area contributed by atoms with Gasteiger partial charge in [0.25, 0.3) is 0 Å². The fourth-order valence-electron chi connectivity index (χ4n) is 1.64. The van der Waals surface area contributed by atoms with E-state index in [9.17, 15) is 20.4 Å². The van der Waals surface area contributed by atoms with Crippen LogP contribution < -0.4 is 0 Å². The average molecular weight is 298 g/mol. The lowest BCUT2D eigenvalue weighted by atomic mass is 10.0. The lowest BCUT2D eigenvalue weighted by molar-refractivity contribution is -0.0876. The molecule has 6 N–H and O–H groups in total. The van der Waals surface area contributed by atoms with E-state index in [1.54, 1.807) is 0 Å². The third-order valence-electron chi connectivity index (χ3n) is 2.89. The molecular formula is C12H26O6S. The molecular weight excluding hydrogens is 272 g/mol. The first-order valence-corrected chi connectivity index (χ1v) is 7.60. The first-order chi connectivity index (χ1) is 8.99. The third-order valence-corrected chi connectivity index (χ3v) is 4.39. The minimum atomic E-state index is -1.56. The maximum atomic E-state index is 9.92. The minimum Gasteiger partial charge on any atom is -0.394 e. The van der Waals surface area contributed by atoms with Gasteiger partial charge in [0.1, 0.15) is 12.2 Å². The van der Waals surface area contributed by atoms with Crippen LogP contribution in [-0.4, -0.2) is 79.3 Å². The highest BCUT2D eigenvalue weighted by molar-refractivity contribution is 8.00. The van der Waals surface area contributed by atoms with Crippen LogP contribution >= 0.6 is 11.8 Å². The third kappa shape index (κ3) is 6.89. The number of hydrogen-bond acceptors (Lipinski definition) is 7.